The molecule has 10 N–H and O–H groups in total. The number of aromatic nitrogens is 1. The van der Waals surface area contributed by atoms with Crippen LogP contribution in [0.3, 0.4) is 0 Å². The summed E-state index contributed by atoms with van der Waals surface area (Å²) < 4.78 is 12.3. The van der Waals surface area contributed by atoms with E-state index in [1.54, 1.807) is 137 Å². The van der Waals surface area contributed by atoms with Crippen LogP contribution >= 0.6 is 57.9 Å². The highest BCUT2D eigenvalue weighted by molar-refractivity contribution is 7.99. The molecule has 6 aromatic carbocycles. The van der Waals surface area contributed by atoms with Crippen LogP contribution in [0.5, 0.6) is 23.0 Å². The van der Waals surface area contributed by atoms with E-state index in [9.17, 15) is 78.0 Å². The average Bonchev–Trinajstić information content (AvgIpc) is 1.61. The minimum atomic E-state index is -1.57. The minimum absolute atomic E-state index is 0. The summed E-state index contributed by atoms with van der Waals surface area (Å²) in [5.74, 6) is -8.60. The van der Waals surface area contributed by atoms with Crippen LogP contribution in [0.2, 0.25) is 15.1 Å². The highest BCUT2D eigenvalue weighted by Crippen LogP contribution is 2.38. The molecule has 0 bridgehead atoms. The molecular formula is C80H90Cl3N9O18S2. The zero-order valence-electron chi connectivity index (χ0n) is 61.3. The number of para-hydroxylation sites is 2. The van der Waals surface area contributed by atoms with Gasteiger partial charge in [-0.25, -0.2) is 4.98 Å². The molecule has 0 aliphatic carbocycles. The van der Waals surface area contributed by atoms with Gasteiger partial charge in [0.25, 0.3) is 0 Å². The molecule has 0 radical (unpaired) electrons. The number of thioether (sulfide) groups is 1. The van der Waals surface area contributed by atoms with E-state index in [1.807, 2.05) is 18.2 Å². The second kappa shape index (κ2) is 42.2. The Morgan fingerprint density at radius 1 is 0.527 bits per heavy atom. The van der Waals surface area contributed by atoms with Crippen molar-refractivity contribution in [3.8, 4) is 33.4 Å². The summed E-state index contributed by atoms with van der Waals surface area (Å²) in [6.45, 7) is 9.26. The Bertz CT molecular complexity index is 4450. The van der Waals surface area contributed by atoms with E-state index in [0.29, 0.717) is 53.9 Å². The first-order valence-corrected chi connectivity index (χ1v) is 38.5. The third kappa shape index (κ3) is 25.7. The first-order valence-electron chi connectivity index (χ1n) is 35.4. The number of phenolic OH excluding ortho intramolecular Hbond substituents is 2. The third-order valence-corrected chi connectivity index (χ3v) is 20.9. The van der Waals surface area contributed by atoms with Crippen LogP contribution in [0.4, 0.5) is 0 Å². The monoisotopic (exact) mass is 1630 g/mol. The Balaban J connectivity index is 0.000000309. The Morgan fingerprint density at radius 2 is 0.938 bits per heavy atom. The van der Waals surface area contributed by atoms with Crippen LogP contribution in [0.15, 0.2) is 158 Å². The van der Waals surface area contributed by atoms with Crippen LogP contribution in [-0.4, -0.2) is 185 Å². The zero-order valence-corrected chi connectivity index (χ0v) is 65.2. The largest absolute Gasteiger partial charge is 0.508 e. The van der Waals surface area contributed by atoms with Gasteiger partial charge in [0.2, 0.25) is 53.0 Å². The van der Waals surface area contributed by atoms with Gasteiger partial charge in [-0.05, 0) is 95.3 Å². The molecule has 2 aliphatic rings. The number of halogens is 3. The van der Waals surface area contributed by atoms with Gasteiger partial charge in [0.05, 0.1) is 52.6 Å². The lowest BCUT2D eigenvalue weighted by Gasteiger charge is -2.32. The molecule has 9 rings (SSSR count). The molecule has 2 aliphatic heterocycles. The van der Waals surface area contributed by atoms with Crippen molar-refractivity contribution in [2.24, 2.45) is 11.8 Å². The van der Waals surface area contributed by atoms with E-state index < -0.39 is 156 Å². The molecule has 0 saturated carbocycles. The fourth-order valence-corrected chi connectivity index (χ4v) is 15.3. The number of nitrogens with zero attached hydrogens (tertiary/aromatic N) is 3. The maximum atomic E-state index is 14.5. The summed E-state index contributed by atoms with van der Waals surface area (Å²) in [5.41, 5.74) is 2.53. The number of carboxylic acids is 2. The zero-order chi connectivity index (χ0) is 80.8. The van der Waals surface area contributed by atoms with Crippen LogP contribution in [0, 0.1) is 11.8 Å². The number of ether oxygens (including phenoxy) is 2. The number of aliphatic carboxylic acids is 2. The molecule has 2 fully saturated rings. The van der Waals surface area contributed by atoms with E-state index in [4.69, 9.17) is 44.3 Å². The third-order valence-electron chi connectivity index (χ3n) is 17.9. The van der Waals surface area contributed by atoms with Gasteiger partial charge in [0, 0.05) is 62.1 Å². The maximum absolute atomic E-state index is 14.5. The fourth-order valence-electron chi connectivity index (χ4n) is 12.4. The van der Waals surface area contributed by atoms with Crippen molar-refractivity contribution < 1.29 is 87.4 Å². The summed E-state index contributed by atoms with van der Waals surface area (Å²) in [7, 11) is 0. The van der Waals surface area contributed by atoms with Crippen molar-refractivity contribution in [1.82, 2.24) is 46.7 Å². The number of phenols is 2. The molecule has 10 atom stereocenters. The highest BCUT2D eigenvalue weighted by Gasteiger charge is 2.47. The second-order valence-electron chi connectivity index (χ2n) is 27.2. The molecule has 112 heavy (non-hydrogen) atoms. The Hall–Kier alpha value is -10.6. The number of nitrogens with one attached hydrogen (secondary N) is 6. The van der Waals surface area contributed by atoms with Crippen molar-refractivity contribution in [1.29, 1.82) is 0 Å². The number of aromatic hydroxyl groups is 2. The average molecular weight is 1640 g/mol. The van der Waals surface area contributed by atoms with Gasteiger partial charge >= 0.3 is 11.9 Å². The van der Waals surface area contributed by atoms with Crippen molar-refractivity contribution in [3.63, 3.8) is 0 Å². The lowest BCUT2D eigenvalue weighted by atomic mass is 10.00. The number of hydrogen-bond donors (Lipinski definition) is 10. The van der Waals surface area contributed by atoms with E-state index in [-0.39, 0.29) is 68.5 Å². The maximum Gasteiger partial charge on any atom is 0.305 e. The number of Topliss-reactive ketones (excluding diaryl/α,β-unsaturated/α-hetero) is 2. The van der Waals surface area contributed by atoms with E-state index >= 15 is 0 Å². The van der Waals surface area contributed by atoms with E-state index in [0.717, 1.165) is 16.9 Å². The first-order chi connectivity index (χ1) is 52.8. The molecule has 2 saturated heterocycles. The predicted molar refractivity (Wildman–Crippen MR) is 424 cm³/mol. The van der Waals surface area contributed by atoms with Gasteiger partial charge in [-0.2, -0.15) is 0 Å². The van der Waals surface area contributed by atoms with Crippen LogP contribution in [0.25, 0.3) is 10.4 Å². The molecule has 1 aromatic heterocycles. The quantitative estimate of drug-likeness (QED) is 0.0168. The number of carboxylic acid groups (broad SMARTS) is 2. The summed E-state index contributed by atoms with van der Waals surface area (Å²) in [5, 5.41) is 55.7. The number of carbonyl (C=O) groups excluding carboxylic acids is 10. The lowest BCUT2D eigenvalue weighted by Crippen LogP contribution is -2.59. The standard InChI is InChI=1S/C40H41Cl2N5O9S.C39H45ClN4O9S.CH4/c1-21(2)35(46-37(53)30(44-22(3)48)16-23-12-14-24(49)15-13-23)40(55)47-20-26(56-25-8-5-4-6-9-25)17-31(47)38(54)45-29(18-33(50)51)36(52)39-43-19-32(57-39)34-27(41)10-7-11-28(34)42;1-23(2)36(43-37(50)32(41-24(3)45)17-25-13-15-27(46)16-14-25)39(52)44-20-29(53-28-10-5-4-6-11-28)18-33(44)38(51)42-31(19-35(48)49)34(47)22-54-21-26-9-7-8-12-30(26)40;/h4-15,19,21,26,29-31,35,49H,16-18,20H2,1-3H3,(H,44,48)(H,45,54)(H,46,53)(H,50,51);4-16,23,29,31-33,36,46H,17-22H2,1-3H3,(H,41,45)(H,42,51)(H,43,50)(H,48,49);1H4/t26-,29+,30+,31+,35+;29-,31+,32+,33+,36+;/m11./s1. The molecule has 0 spiro atoms. The van der Waals surface area contributed by atoms with Gasteiger partial charge in [0.15, 0.2) is 10.8 Å². The van der Waals surface area contributed by atoms with Gasteiger partial charge in [-0.3, -0.25) is 57.5 Å². The number of hydrogen-bond acceptors (Lipinski definition) is 19. The first kappa shape index (κ1) is 88.6. The molecule has 7 aromatic rings. The van der Waals surface area contributed by atoms with Crippen molar-refractivity contribution in [2.45, 2.75) is 154 Å². The number of carbonyl (C=O) groups is 12. The Labute approximate surface area is 671 Å². The van der Waals surface area contributed by atoms with Crippen molar-refractivity contribution >= 4 is 129 Å². The fraction of sp³-hybridized carbons (Fsp3) is 0.362. The molecular weight excluding hydrogens is 1550 g/mol. The number of ketones is 2. The Kier molecular flexibility index (Phi) is 33.4. The molecule has 32 heteroatoms. The summed E-state index contributed by atoms with van der Waals surface area (Å²) in [4.78, 5) is 167. The number of rotatable bonds is 34. The second-order valence-corrected chi connectivity index (χ2v) is 30.4. The van der Waals surface area contributed by atoms with Gasteiger partial charge in [-0.1, -0.05) is 155 Å². The van der Waals surface area contributed by atoms with E-state index in [2.05, 4.69) is 36.9 Å². The highest BCUT2D eigenvalue weighted by atomic mass is 35.5. The van der Waals surface area contributed by atoms with Crippen molar-refractivity contribution in [2.75, 3.05) is 18.8 Å². The topological polar surface area (TPSA) is 396 Å². The molecule has 8 amide bonds. The number of benzene rings is 6. The van der Waals surface area contributed by atoms with Crippen LogP contribution in [0.1, 0.15) is 101 Å². The predicted octanol–water partition coefficient (Wildman–Crippen LogP) is 9.28. The van der Waals surface area contributed by atoms with E-state index in [1.165, 1.54) is 65.9 Å². The molecule has 3 heterocycles. The molecule has 27 nitrogen and oxygen atoms in total. The normalized spacial score (nSPS) is 16.6. The Morgan fingerprint density at radius 3 is 1.36 bits per heavy atom. The number of amides is 8. The van der Waals surface area contributed by atoms with Gasteiger partial charge in [0.1, 0.15) is 77.5 Å². The summed E-state index contributed by atoms with van der Waals surface area (Å²) in [6, 6.07) is 32.0. The number of likely N-dealkylation sites (tertiary alicyclic amines) is 2. The van der Waals surface area contributed by atoms with Gasteiger partial charge < -0.3 is 71.6 Å². The SMILES string of the molecule is C.CC(=O)N[C@@H](Cc1ccc(O)cc1)C(=O)N[C@H](C(=O)N1C[C@H](Oc2ccccc2)C[C@H]1C(=O)N[C@@H](CC(=O)O)C(=O)CSCc1ccccc1Cl)C(C)C.CC(=O)N[C@@H](Cc1ccc(O)cc1)C(=O)N[C@H](C(=O)N1C[C@H](Oc2ccccc2)C[C@H]1C(=O)N[C@@H](CC(=O)O)C(=O)c1ncc(-c2c(Cl)cccc2Cl)s1)C(C)C. The summed E-state index contributed by atoms with van der Waals surface area (Å²) >= 11 is 21.1. The van der Waals surface area contributed by atoms with Crippen LogP contribution in [-0.2, 0) is 71.3 Å². The molecule has 596 valence electrons. The lowest BCUT2D eigenvalue weighted by molar-refractivity contribution is -0.144. The van der Waals surface area contributed by atoms with Gasteiger partial charge in [-0.15, -0.1) is 23.1 Å². The van der Waals surface area contributed by atoms with Crippen LogP contribution < -0.4 is 41.4 Å². The van der Waals surface area contributed by atoms with Crippen molar-refractivity contribution in [3.05, 3.63) is 195 Å². The summed E-state index contributed by atoms with van der Waals surface area (Å²) in [6.07, 6.45) is -1.30. The minimum Gasteiger partial charge on any atom is -0.508 e. The smallest absolute Gasteiger partial charge is 0.305 e. The number of thiazole rings is 1. The molecule has 0 unspecified atom stereocenters.